The quantitative estimate of drug-likeness (QED) is 0.896. The zero-order chi connectivity index (χ0) is 13.1. The van der Waals surface area contributed by atoms with Crippen molar-refractivity contribution < 1.29 is 13.9 Å². The van der Waals surface area contributed by atoms with Crippen molar-refractivity contribution in [3.63, 3.8) is 0 Å². The number of nitrogens with one attached hydrogen (secondary N) is 1. The maximum absolute atomic E-state index is 13.4. The lowest BCUT2D eigenvalue weighted by Crippen LogP contribution is -2.02. The third-order valence-corrected chi connectivity index (χ3v) is 2.93. The zero-order valence-corrected chi connectivity index (χ0v) is 10.8. The van der Waals surface area contributed by atoms with Gasteiger partial charge in [0.25, 0.3) is 0 Å². The number of halogens is 3. The second kappa shape index (κ2) is 5.35. The molecule has 0 radical (unpaired) electrons. The SMILES string of the molecule is Oc1ccc(Br)cc1CNc1cc(F)ccc1F. The Morgan fingerprint density at radius 2 is 1.89 bits per heavy atom. The number of anilines is 1. The van der Waals surface area contributed by atoms with Crippen molar-refractivity contribution in [1.29, 1.82) is 0 Å². The fourth-order valence-electron chi connectivity index (χ4n) is 1.52. The summed E-state index contributed by atoms with van der Waals surface area (Å²) in [5.41, 5.74) is 0.655. The van der Waals surface area contributed by atoms with Crippen molar-refractivity contribution in [2.24, 2.45) is 0 Å². The summed E-state index contributed by atoms with van der Waals surface area (Å²) in [7, 11) is 0. The van der Waals surface area contributed by atoms with E-state index in [1.54, 1.807) is 12.1 Å². The van der Waals surface area contributed by atoms with Crippen molar-refractivity contribution in [2.75, 3.05) is 5.32 Å². The number of phenolic OH excluding ortho intramolecular Hbond substituents is 1. The molecule has 0 aliphatic heterocycles. The summed E-state index contributed by atoms with van der Waals surface area (Å²) in [5, 5.41) is 12.4. The van der Waals surface area contributed by atoms with E-state index in [0.29, 0.717) is 5.56 Å². The molecule has 94 valence electrons. The smallest absolute Gasteiger partial charge is 0.146 e. The Kier molecular flexibility index (Phi) is 3.81. The highest BCUT2D eigenvalue weighted by Gasteiger charge is 2.06. The van der Waals surface area contributed by atoms with Crippen LogP contribution < -0.4 is 5.32 Å². The summed E-state index contributed by atoms with van der Waals surface area (Å²) in [5.74, 6) is -0.953. The lowest BCUT2D eigenvalue weighted by molar-refractivity contribution is 0.469. The van der Waals surface area contributed by atoms with Crippen LogP contribution in [0.3, 0.4) is 0 Å². The van der Waals surface area contributed by atoms with Gasteiger partial charge in [-0.3, -0.25) is 0 Å². The van der Waals surface area contributed by atoms with Crippen molar-refractivity contribution in [3.05, 3.63) is 58.1 Å². The summed E-state index contributed by atoms with van der Waals surface area (Å²) in [6, 6.07) is 8.12. The Balaban J connectivity index is 2.16. The lowest BCUT2D eigenvalue weighted by Gasteiger charge is -2.09. The molecule has 2 N–H and O–H groups in total. The first-order chi connectivity index (χ1) is 8.56. The molecule has 0 saturated carbocycles. The van der Waals surface area contributed by atoms with Gasteiger partial charge < -0.3 is 10.4 Å². The molecule has 0 bridgehead atoms. The molecule has 0 heterocycles. The van der Waals surface area contributed by atoms with Crippen LogP contribution in [0.2, 0.25) is 0 Å². The summed E-state index contributed by atoms with van der Waals surface area (Å²) in [6.07, 6.45) is 0. The molecule has 0 spiro atoms. The maximum Gasteiger partial charge on any atom is 0.146 e. The molecule has 0 aliphatic rings. The Hall–Kier alpha value is -1.62. The van der Waals surface area contributed by atoms with Gasteiger partial charge in [0.15, 0.2) is 0 Å². The van der Waals surface area contributed by atoms with Crippen molar-refractivity contribution in [2.45, 2.75) is 6.54 Å². The standard InChI is InChI=1S/C13H10BrF2NO/c14-9-1-4-13(18)8(5-9)7-17-12-6-10(15)2-3-11(12)16/h1-6,17-18H,7H2. The van der Waals surface area contributed by atoms with E-state index >= 15 is 0 Å². The molecule has 2 rings (SSSR count). The summed E-state index contributed by atoms with van der Waals surface area (Å²) in [4.78, 5) is 0. The zero-order valence-electron chi connectivity index (χ0n) is 9.25. The van der Waals surface area contributed by atoms with E-state index in [-0.39, 0.29) is 18.0 Å². The molecule has 2 nitrogen and oxygen atoms in total. The van der Waals surface area contributed by atoms with Crippen LogP contribution in [0.25, 0.3) is 0 Å². The van der Waals surface area contributed by atoms with Crippen LogP contribution in [0.15, 0.2) is 40.9 Å². The Bertz CT molecular complexity index is 523. The van der Waals surface area contributed by atoms with Crippen molar-refractivity contribution >= 4 is 21.6 Å². The predicted octanol–water partition coefficient (Wildman–Crippen LogP) is 4.05. The minimum absolute atomic E-state index is 0.0642. The number of benzene rings is 2. The van der Waals surface area contributed by atoms with Crippen LogP contribution in [0.5, 0.6) is 5.75 Å². The van der Waals surface area contributed by atoms with Crippen LogP contribution in [0, 0.1) is 11.6 Å². The number of phenols is 1. The number of hydrogen-bond donors (Lipinski definition) is 2. The first-order valence-electron chi connectivity index (χ1n) is 5.22. The highest BCUT2D eigenvalue weighted by molar-refractivity contribution is 9.10. The molecule has 0 fully saturated rings. The third kappa shape index (κ3) is 2.98. The fraction of sp³-hybridized carbons (Fsp3) is 0.0769. The molecule has 0 saturated heterocycles. The molecule has 2 aromatic carbocycles. The minimum atomic E-state index is -0.536. The second-order valence-electron chi connectivity index (χ2n) is 3.75. The minimum Gasteiger partial charge on any atom is -0.508 e. The number of rotatable bonds is 3. The number of aromatic hydroxyl groups is 1. The average Bonchev–Trinajstić information content (AvgIpc) is 2.34. The van der Waals surface area contributed by atoms with E-state index in [2.05, 4.69) is 21.2 Å². The van der Waals surface area contributed by atoms with Gasteiger partial charge in [-0.05, 0) is 36.4 Å². The van der Waals surface area contributed by atoms with Crippen LogP contribution in [-0.4, -0.2) is 5.11 Å². The number of hydrogen-bond acceptors (Lipinski definition) is 2. The first kappa shape index (κ1) is 12.8. The predicted molar refractivity (Wildman–Crippen MR) is 69.5 cm³/mol. The van der Waals surface area contributed by atoms with E-state index in [4.69, 9.17) is 0 Å². The maximum atomic E-state index is 13.4. The van der Waals surface area contributed by atoms with Gasteiger partial charge in [0.2, 0.25) is 0 Å². The van der Waals surface area contributed by atoms with E-state index < -0.39 is 11.6 Å². The molecule has 2 aromatic rings. The lowest BCUT2D eigenvalue weighted by atomic mass is 10.2. The molecule has 0 atom stereocenters. The molecule has 0 amide bonds. The molecule has 0 aliphatic carbocycles. The van der Waals surface area contributed by atoms with Gasteiger partial charge in [0.05, 0.1) is 5.69 Å². The third-order valence-electron chi connectivity index (χ3n) is 2.44. The van der Waals surface area contributed by atoms with Crippen LogP contribution >= 0.6 is 15.9 Å². The van der Waals surface area contributed by atoms with Gasteiger partial charge in [-0.15, -0.1) is 0 Å². The molecule has 5 heteroatoms. The van der Waals surface area contributed by atoms with Crippen LogP contribution in [0.4, 0.5) is 14.5 Å². The van der Waals surface area contributed by atoms with Gasteiger partial charge in [-0.1, -0.05) is 15.9 Å². The van der Waals surface area contributed by atoms with Gasteiger partial charge >= 0.3 is 0 Å². The van der Waals surface area contributed by atoms with E-state index in [1.165, 1.54) is 6.07 Å². The molecular formula is C13H10BrF2NO. The Morgan fingerprint density at radius 3 is 2.67 bits per heavy atom. The van der Waals surface area contributed by atoms with Crippen LogP contribution in [-0.2, 0) is 6.54 Å². The Morgan fingerprint density at radius 1 is 1.11 bits per heavy atom. The normalized spacial score (nSPS) is 10.4. The van der Waals surface area contributed by atoms with Gasteiger partial charge in [-0.2, -0.15) is 0 Å². The van der Waals surface area contributed by atoms with E-state index in [1.807, 2.05) is 0 Å². The van der Waals surface area contributed by atoms with Crippen molar-refractivity contribution in [1.82, 2.24) is 0 Å². The molecular weight excluding hydrogens is 304 g/mol. The van der Waals surface area contributed by atoms with Crippen molar-refractivity contribution in [3.8, 4) is 5.75 Å². The van der Waals surface area contributed by atoms with Gasteiger partial charge in [0, 0.05) is 16.6 Å². The summed E-state index contributed by atoms with van der Waals surface area (Å²) < 4.78 is 27.1. The summed E-state index contributed by atoms with van der Waals surface area (Å²) >= 11 is 3.28. The van der Waals surface area contributed by atoms with Crippen LogP contribution in [0.1, 0.15) is 5.56 Å². The average molecular weight is 314 g/mol. The highest BCUT2D eigenvalue weighted by atomic mass is 79.9. The first-order valence-corrected chi connectivity index (χ1v) is 6.02. The highest BCUT2D eigenvalue weighted by Crippen LogP contribution is 2.23. The topological polar surface area (TPSA) is 32.3 Å². The van der Waals surface area contributed by atoms with Gasteiger partial charge in [0.1, 0.15) is 17.4 Å². The van der Waals surface area contributed by atoms with E-state index in [0.717, 1.165) is 22.7 Å². The van der Waals surface area contributed by atoms with E-state index in [9.17, 15) is 13.9 Å². The molecule has 0 unspecified atom stereocenters. The summed E-state index contributed by atoms with van der Waals surface area (Å²) in [6.45, 7) is 0.200. The molecule has 0 aromatic heterocycles. The Labute approximate surface area is 111 Å². The fourth-order valence-corrected chi connectivity index (χ4v) is 1.93. The van der Waals surface area contributed by atoms with Gasteiger partial charge in [-0.25, -0.2) is 8.78 Å². The second-order valence-corrected chi connectivity index (χ2v) is 4.67. The monoisotopic (exact) mass is 313 g/mol. The largest absolute Gasteiger partial charge is 0.508 e. The molecule has 18 heavy (non-hydrogen) atoms.